The minimum Gasteiger partial charge on any atom is -0.294 e. The van der Waals surface area contributed by atoms with Crippen LogP contribution >= 0.6 is 0 Å². The second kappa shape index (κ2) is 9.96. The van der Waals surface area contributed by atoms with Crippen molar-refractivity contribution in [3.05, 3.63) is 108 Å². The lowest BCUT2D eigenvalue weighted by Crippen LogP contribution is -2.41. The zero-order chi connectivity index (χ0) is 21.6. The highest BCUT2D eigenvalue weighted by Crippen LogP contribution is 2.30. The van der Waals surface area contributed by atoms with Gasteiger partial charge in [0.2, 0.25) is 0 Å². The van der Waals surface area contributed by atoms with Crippen molar-refractivity contribution in [3.63, 3.8) is 0 Å². The molecule has 0 amide bonds. The second-order valence-corrected chi connectivity index (χ2v) is 10.4. The normalized spacial score (nSPS) is 14.6. The van der Waals surface area contributed by atoms with Crippen LogP contribution in [-0.2, 0) is 17.4 Å². The molecule has 0 fully saturated rings. The highest BCUT2D eigenvalue weighted by molar-refractivity contribution is 7.84. The summed E-state index contributed by atoms with van der Waals surface area (Å²) < 4.78 is 15.9. The third-order valence-electron chi connectivity index (χ3n) is 5.04. The molecule has 0 aliphatic heterocycles. The second-order valence-electron chi connectivity index (χ2n) is 8.41. The van der Waals surface area contributed by atoms with Crippen molar-refractivity contribution in [2.45, 2.75) is 38.0 Å². The third kappa shape index (κ3) is 5.74. The van der Waals surface area contributed by atoms with Gasteiger partial charge in [-0.15, -0.1) is 0 Å². The number of ketones is 1. The van der Waals surface area contributed by atoms with Gasteiger partial charge in [-0.25, -0.2) is 8.93 Å². The van der Waals surface area contributed by atoms with E-state index in [4.69, 9.17) is 0 Å². The van der Waals surface area contributed by atoms with Crippen molar-refractivity contribution in [3.8, 4) is 0 Å². The van der Waals surface area contributed by atoms with Gasteiger partial charge < -0.3 is 0 Å². The number of hydrogen-bond acceptors (Lipinski definition) is 2. The smallest absolute Gasteiger partial charge is 0.168 e. The number of hydrogen-bond donors (Lipinski definition) is 1. The summed E-state index contributed by atoms with van der Waals surface area (Å²) in [6, 6.07) is 28.9. The van der Waals surface area contributed by atoms with Crippen molar-refractivity contribution >= 4 is 16.8 Å². The molecule has 0 aromatic heterocycles. The van der Waals surface area contributed by atoms with E-state index in [1.54, 1.807) is 0 Å². The molecule has 0 heterocycles. The minimum atomic E-state index is -1.32. The van der Waals surface area contributed by atoms with E-state index < -0.39 is 21.7 Å². The molecule has 3 atom stereocenters. The van der Waals surface area contributed by atoms with Crippen LogP contribution in [0.25, 0.3) is 0 Å². The molecule has 0 spiro atoms. The Hall–Kier alpha value is -2.56. The maximum absolute atomic E-state index is 13.7. The summed E-state index contributed by atoms with van der Waals surface area (Å²) in [6.45, 7) is 5.80. The van der Waals surface area contributed by atoms with Gasteiger partial charge >= 0.3 is 0 Å². The first-order chi connectivity index (χ1) is 14.4. The number of Topliss-reactive ketones (excluding diaryl/α,β-unsaturated/α-hetero) is 1. The van der Waals surface area contributed by atoms with E-state index >= 15 is 0 Å². The van der Waals surface area contributed by atoms with Gasteiger partial charge in [-0.2, -0.15) is 0 Å². The monoisotopic (exact) mass is 419 g/mol. The van der Waals surface area contributed by atoms with Gasteiger partial charge in [0.1, 0.15) is 0 Å². The van der Waals surface area contributed by atoms with Crippen molar-refractivity contribution in [2.24, 2.45) is 5.92 Å². The van der Waals surface area contributed by atoms with Crippen LogP contribution in [0.3, 0.4) is 0 Å². The number of rotatable bonds is 8. The van der Waals surface area contributed by atoms with Gasteiger partial charge in [0.25, 0.3) is 0 Å². The fourth-order valence-corrected chi connectivity index (χ4v) is 4.27. The Labute approximate surface area is 182 Å². The predicted molar refractivity (Wildman–Crippen MR) is 125 cm³/mol. The molecule has 3 aromatic carbocycles. The van der Waals surface area contributed by atoms with Crippen LogP contribution in [-0.4, -0.2) is 14.7 Å². The van der Waals surface area contributed by atoms with Crippen LogP contribution in [0.15, 0.2) is 91.0 Å². The molecule has 0 saturated carbocycles. The van der Waals surface area contributed by atoms with Crippen LogP contribution in [0.5, 0.6) is 0 Å². The van der Waals surface area contributed by atoms with E-state index in [1.807, 2.05) is 112 Å². The molecule has 30 heavy (non-hydrogen) atoms. The Morgan fingerprint density at radius 1 is 0.833 bits per heavy atom. The standard InChI is InChI=1S/C26H29NO2S/c1-26(2,3)30(29)27-24(21-15-9-5-10-16-21)23(19-20-13-7-4-8-14-20)25(28)22-17-11-6-12-18-22/h4-18,23-24,27H,19H2,1-3H3/t23-,24+,30+/m1/s1. The quantitative estimate of drug-likeness (QED) is 0.489. The molecule has 156 valence electrons. The lowest BCUT2D eigenvalue weighted by molar-refractivity contribution is 0.0895. The molecule has 4 heteroatoms. The lowest BCUT2D eigenvalue weighted by atomic mass is 9.83. The molecule has 0 radical (unpaired) electrons. The van der Waals surface area contributed by atoms with Crippen molar-refractivity contribution in [1.82, 2.24) is 4.72 Å². The Morgan fingerprint density at radius 3 is 1.87 bits per heavy atom. The van der Waals surface area contributed by atoms with Crippen LogP contribution in [0.2, 0.25) is 0 Å². The van der Waals surface area contributed by atoms with E-state index in [0.29, 0.717) is 12.0 Å². The van der Waals surface area contributed by atoms with Crippen LogP contribution in [0.4, 0.5) is 0 Å². The van der Waals surface area contributed by atoms with Gasteiger partial charge in [0.15, 0.2) is 5.78 Å². The first-order valence-electron chi connectivity index (χ1n) is 10.2. The molecule has 1 N–H and O–H groups in total. The van der Waals surface area contributed by atoms with Crippen molar-refractivity contribution in [2.75, 3.05) is 0 Å². The van der Waals surface area contributed by atoms with Crippen molar-refractivity contribution < 1.29 is 9.00 Å². The van der Waals surface area contributed by atoms with Gasteiger partial charge in [0.05, 0.1) is 21.8 Å². The van der Waals surface area contributed by atoms with Gasteiger partial charge in [-0.1, -0.05) is 91.0 Å². The van der Waals surface area contributed by atoms with Crippen LogP contribution < -0.4 is 4.72 Å². The molecule has 3 rings (SSSR count). The molecule has 0 saturated heterocycles. The van der Waals surface area contributed by atoms with E-state index in [9.17, 15) is 9.00 Å². The maximum atomic E-state index is 13.7. The average molecular weight is 420 g/mol. The summed E-state index contributed by atoms with van der Waals surface area (Å²) in [4.78, 5) is 13.7. The summed E-state index contributed by atoms with van der Waals surface area (Å²) in [5, 5.41) is 0. The molecule has 3 aromatic rings. The van der Waals surface area contributed by atoms with Crippen LogP contribution in [0, 0.1) is 5.92 Å². The molecule has 0 bridgehead atoms. The molecular weight excluding hydrogens is 390 g/mol. The molecule has 0 aliphatic rings. The lowest BCUT2D eigenvalue weighted by Gasteiger charge is -2.30. The SMILES string of the molecule is CC(C)(C)[S@](=O)N[C@@H](c1ccccc1)[C@@H](Cc1ccccc1)C(=O)c1ccccc1. The van der Waals surface area contributed by atoms with Crippen molar-refractivity contribution in [1.29, 1.82) is 0 Å². The summed E-state index contributed by atoms with van der Waals surface area (Å²) in [5.41, 5.74) is 2.71. The molecular formula is C26H29NO2S. The van der Waals surface area contributed by atoms with Gasteiger partial charge in [-0.3, -0.25) is 4.79 Å². The molecule has 0 aliphatic carbocycles. The summed E-state index contributed by atoms with van der Waals surface area (Å²) in [5.74, 6) is -0.352. The molecule has 3 nitrogen and oxygen atoms in total. The Balaban J connectivity index is 2.05. The van der Waals surface area contributed by atoms with Crippen LogP contribution in [0.1, 0.15) is 48.3 Å². The number of carbonyl (C=O) groups excluding carboxylic acids is 1. The highest BCUT2D eigenvalue weighted by Gasteiger charge is 2.33. The number of carbonyl (C=O) groups is 1. The third-order valence-corrected chi connectivity index (χ3v) is 6.63. The fraction of sp³-hybridized carbons (Fsp3) is 0.269. The largest absolute Gasteiger partial charge is 0.294 e. The Kier molecular flexibility index (Phi) is 7.35. The summed E-state index contributed by atoms with van der Waals surface area (Å²) in [6.07, 6.45) is 0.558. The summed E-state index contributed by atoms with van der Waals surface area (Å²) >= 11 is 0. The topological polar surface area (TPSA) is 46.2 Å². The number of nitrogens with one attached hydrogen (secondary N) is 1. The zero-order valence-electron chi connectivity index (χ0n) is 17.7. The number of benzene rings is 3. The van der Waals surface area contributed by atoms with Gasteiger partial charge in [-0.05, 0) is 38.3 Å². The van der Waals surface area contributed by atoms with E-state index in [2.05, 4.69) is 4.72 Å². The van der Waals surface area contributed by atoms with E-state index in [0.717, 1.165) is 11.1 Å². The predicted octanol–water partition coefficient (Wildman–Crippen LogP) is 5.52. The summed E-state index contributed by atoms with van der Waals surface area (Å²) in [7, 11) is -1.32. The maximum Gasteiger partial charge on any atom is 0.168 e. The average Bonchev–Trinajstić information content (AvgIpc) is 2.76. The first-order valence-corrected chi connectivity index (χ1v) is 11.4. The Morgan fingerprint density at radius 2 is 1.33 bits per heavy atom. The minimum absolute atomic E-state index is 0.0479. The fourth-order valence-electron chi connectivity index (χ4n) is 3.38. The zero-order valence-corrected chi connectivity index (χ0v) is 18.6. The highest BCUT2D eigenvalue weighted by atomic mass is 32.2. The Bertz CT molecular complexity index is 966. The first kappa shape index (κ1) is 22.1. The molecule has 0 unspecified atom stereocenters. The van der Waals surface area contributed by atoms with E-state index in [1.165, 1.54) is 0 Å². The van der Waals surface area contributed by atoms with Gasteiger partial charge in [0, 0.05) is 11.5 Å². The van der Waals surface area contributed by atoms with E-state index in [-0.39, 0.29) is 11.8 Å².